The van der Waals surface area contributed by atoms with Gasteiger partial charge in [0.2, 0.25) is 6.10 Å². The van der Waals surface area contributed by atoms with Crippen LogP contribution in [0.25, 0.3) is 6.08 Å². The molecule has 0 fully saturated rings. The van der Waals surface area contributed by atoms with E-state index in [4.69, 9.17) is 61.4 Å². The third-order valence-electron chi connectivity index (χ3n) is 3.37. The molecule has 28 heavy (non-hydrogen) atoms. The zero-order chi connectivity index (χ0) is 21.2. The molecule has 1 aliphatic rings. The summed E-state index contributed by atoms with van der Waals surface area (Å²) in [6, 6.07) is 7.17. The zero-order valence-corrected chi connectivity index (χ0v) is 16.4. The predicted octanol–water partition coefficient (Wildman–Crippen LogP) is 6.48. The largest absolute Gasteiger partial charge is 0.506 e. The van der Waals surface area contributed by atoms with Crippen molar-refractivity contribution < 1.29 is 32.9 Å². The Balaban J connectivity index is 0.000000261. The van der Waals surface area contributed by atoms with Gasteiger partial charge in [0, 0.05) is 16.7 Å². The molecule has 4 nitrogen and oxygen atoms in total. The molecule has 1 atom stereocenters. The summed E-state index contributed by atoms with van der Waals surface area (Å²) in [4.78, 5) is 10.9. The molecule has 1 heterocycles. The Morgan fingerprint density at radius 2 is 1.57 bits per heavy atom. The number of fused-ring (bicyclic) bond motifs is 1. The van der Waals surface area contributed by atoms with Gasteiger partial charge in [-0.3, -0.25) is 0 Å². The molecule has 0 radical (unpaired) electrons. The number of alkyl halides is 3. The van der Waals surface area contributed by atoms with Gasteiger partial charge in [0.15, 0.2) is 0 Å². The summed E-state index contributed by atoms with van der Waals surface area (Å²) in [7, 11) is 0. The third kappa shape index (κ3) is 5.17. The third-order valence-corrected chi connectivity index (χ3v) is 4.55. The first kappa shape index (κ1) is 22.5. The van der Waals surface area contributed by atoms with E-state index in [1.54, 1.807) is 12.1 Å². The molecule has 11 heteroatoms. The number of aliphatic carboxylic acids is 1. The topological polar surface area (TPSA) is 66.8 Å². The summed E-state index contributed by atoms with van der Waals surface area (Å²) >= 11 is 22.5. The van der Waals surface area contributed by atoms with Crippen LogP contribution in [0.15, 0.2) is 35.9 Å². The van der Waals surface area contributed by atoms with Crippen LogP contribution >= 0.6 is 46.4 Å². The standard InChI is InChI=1S/C11H5Cl2F3O3.C6H4Cl2O/c12-6-1-2-7(13)8-4(6)3-5(10(17)18)9(19-8)11(14,15)16;7-4-1-2-5(8)6(9)3-4/h1-3,9H,(H,17,18);1-3,9H. The van der Waals surface area contributed by atoms with Crippen molar-refractivity contribution in [2.45, 2.75) is 12.3 Å². The fourth-order valence-corrected chi connectivity index (χ4v) is 2.82. The molecule has 0 saturated heterocycles. The van der Waals surface area contributed by atoms with E-state index in [1.165, 1.54) is 18.2 Å². The highest BCUT2D eigenvalue weighted by Gasteiger charge is 2.49. The number of ether oxygens (including phenoxy) is 1. The minimum absolute atomic E-state index is 0.0177. The van der Waals surface area contributed by atoms with Crippen LogP contribution in [0, 0.1) is 0 Å². The van der Waals surface area contributed by atoms with Crippen molar-refractivity contribution in [2.24, 2.45) is 0 Å². The van der Waals surface area contributed by atoms with Gasteiger partial charge < -0.3 is 14.9 Å². The summed E-state index contributed by atoms with van der Waals surface area (Å²) in [5.41, 5.74) is -0.920. The molecular formula is C17H9Cl4F3O4. The van der Waals surface area contributed by atoms with Crippen LogP contribution in [0.3, 0.4) is 0 Å². The van der Waals surface area contributed by atoms with E-state index in [2.05, 4.69) is 0 Å². The number of phenols is 1. The molecule has 3 rings (SSSR count). The van der Waals surface area contributed by atoms with Crippen LogP contribution in [0.5, 0.6) is 11.5 Å². The second kappa shape index (κ2) is 8.69. The van der Waals surface area contributed by atoms with E-state index >= 15 is 0 Å². The number of halogens is 7. The van der Waals surface area contributed by atoms with Gasteiger partial charge in [-0.15, -0.1) is 0 Å². The van der Waals surface area contributed by atoms with Crippen molar-refractivity contribution in [3.05, 3.63) is 61.6 Å². The molecular weight excluding hydrogens is 467 g/mol. The molecule has 1 aliphatic heterocycles. The average Bonchev–Trinajstić information content (AvgIpc) is 2.60. The number of rotatable bonds is 1. The predicted molar refractivity (Wildman–Crippen MR) is 101 cm³/mol. The van der Waals surface area contributed by atoms with Crippen LogP contribution in [0.1, 0.15) is 5.56 Å². The first-order valence-electron chi connectivity index (χ1n) is 7.22. The van der Waals surface area contributed by atoms with Gasteiger partial charge >= 0.3 is 12.1 Å². The molecule has 0 spiro atoms. The molecule has 150 valence electrons. The molecule has 2 aromatic carbocycles. The maximum absolute atomic E-state index is 12.8. The van der Waals surface area contributed by atoms with Crippen LogP contribution < -0.4 is 4.74 Å². The van der Waals surface area contributed by atoms with Gasteiger partial charge in [-0.1, -0.05) is 46.4 Å². The Bertz CT molecular complexity index is 945. The van der Waals surface area contributed by atoms with Gasteiger partial charge in [0.1, 0.15) is 11.5 Å². The van der Waals surface area contributed by atoms with Crippen molar-refractivity contribution in [1.29, 1.82) is 0 Å². The second-order valence-corrected chi connectivity index (χ2v) is 6.97. The Labute approximate surface area is 176 Å². The number of aromatic hydroxyl groups is 1. The molecule has 0 saturated carbocycles. The van der Waals surface area contributed by atoms with Gasteiger partial charge in [-0.2, -0.15) is 13.2 Å². The lowest BCUT2D eigenvalue weighted by molar-refractivity contribution is -0.187. The van der Waals surface area contributed by atoms with Crippen molar-refractivity contribution in [1.82, 2.24) is 0 Å². The molecule has 0 aliphatic carbocycles. The van der Waals surface area contributed by atoms with E-state index in [0.717, 1.165) is 6.08 Å². The van der Waals surface area contributed by atoms with Crippen molar-refractivity contribution in [3.8, 4) is 11.5 Å². The normalized spacial score (nSPS) is 15.5. The number of hydrogen-bond acceptors (Lipinski definition) is 3. The number of carboxylic acids is 1. The minimum atomic E-state index is -4.87. The zero-order valence-electron chi connectivity index (χ0n) is 13.4. The van der Waals surface area contributed by atoms with Crippen molar-refractivity contribution >= 4 is 58.4 Å². The van der Waals surface area contributed by atoms with E-state index in [1.807, 2.05) is 0 Å². The Hall–Kier alpha value is -1.80. The van der Waals surface area contributed by atoms with Gasteiger partial charge in [-0.05, 0) is 30.3 Å². The Morgan fingerprint density at radius 3 is 2.07 bits per heavy atom. The van der Waals surface area contributed by atoms with Gasteiger partial charge in [0.05, 0.1) is 20.6 Å². The fraction of sp³-hybridized carbons (Fsp3) is 0.118. The molecule has 2 N–H and O–H groups in total. The lowest BCUT2D eigenvalue weighted by Gasteiger charge is -2.27. The monoisotopic (exact) mass is 474 g/mol. The van der Waals surface area contributed by atoms with E-state index in [0.29, 0.717) is 10.0 Å². The number of carboxylic acid groups (broad SMARTS) is 1. The van der Waals surface area contributed by atoms with Gasteiger partial charge in [-0.25, -0.2) is 4.79 Å². The minimum Gasteiger partial charge on any atom is -0.506 e. The highest BCUT2D eigenvalue weighted by molar-refractivity contribution is 6.36. The lowest BCUT2D eigenvalue weighted by Crippen LogP contribution is -2.40. The van der Waals surface area contributed by atoms with Crippen molar-refractivity contribution in [2.75, 3.05) is 0 Å². The Kier molecular flexibility index (Phi) is 6.98. The molecule has 2 aromatic rings. The summed E-state index contributed by atoms with van der Waals surface area (Å²) in [6.45, 7) is 0. The molecule has 0 amide bonds. The Morgan fingerprint density at radius 1 is 1.00 bits per heavy atom. The summed E-state index contributed by atoms with van der Waals surface area (Å²) < 4.78 is 43.0. The van der Waals surface area contributed by atoms with Crippen molar-refractivity contribution in [3.63, 3.8) is 0 Å². The van der Waals surface area contributed by atoms with Crippen LogP contribution in [0.2, 0.25) is 20.1 Å². The molecule has 0 bridgehead atoms. The highest BCUT2D eigenvalue weighted by atomic mass is 35.5. The maximum Gasteiger partial charge on any atom is 0.430 e. The van der Waals surface area contributed by atoms with E-state index < -0.39 is 23.8 Å². The SMILES string of the molecule is O=C(O)C1=Cc2c(Cl)ccc(Cl)c2OC1C(F)(F)F.Oc1cc(Cl)ccc1Cl. The summed E-state index contributed by atoms with van der Waals surface area (Å²) in [6.07, 6.45) is -6.62. The fourth-order valence-electron chi connectivity index (χ4n) is 2.12. The smallest absolute Gasteiger partial charge is 0.430 e. The molecule has 0 aromatic heterocycles. The quantitative estimate of drug-likeness (QED) is 0.495. The van der Waals surface area contributed by atoms with Crippen LogP contribution in [-0.2, 0) is 4.79 Å². The highest BCUT2D eigenvalue weighted by Crippen LogP contribution is 2.43. The number of carbonyl (C=O) groups is 1. The number of phenolic OH excluding ortho intramolecular Hbond substituents is 1. The van der Waals surface area contributed by atoms with Crippen LogP contribution in [0.4, 0.5) is 13.2 Å². The maximum atomic E-state index is 12.8. The lowest BCUT2D eigenvalue weighted by atomic mass is 10.0. The summed E-state index contributed by atoms with van der Waals surface area (Å²) in [5.74, 6) is -1.99. The first-order valence-corrected chi connectivity index (χ1v) is 8.73. The van der Waals surface area contributed by atoms with E-state index in [-0.39, 0.29) is 27.1 Å². The second-order valence-electron chi connectivity index (χ2n) is 5.31. The number of hydrogen-bond donors (Lipinski definition) is 2. The molecule has 1 unspecified atom stereocenters. The average molecular weight is 476 g/mol. The van der Waals surface area contributed by atoms with E-state index in [9.17, 15) is 18.0 Å². The summed E-state index contributed by atoms with van der Waals surface area (Å²) in [5, 5.41) is 18.5. The first-order chi connectivity index (χ1) is 12.9. The number of benzene rings is 2. The van der Waals surface area contributed by atoms with Crippen LogP contribution in [-0.4, -0.2) is 28.5 Å². The van der Waals surface area contributed by atoms with Gasteiger partial charge in [0.25, 0.3) is 0 Å².